The molecular weight excluding hydrogens is 281 g/mol. The Balaban J connectivity index is 2.26. The highest BCUT2D eigenvalue weighted by Gasteiger charge is 2.32. The first kappa shape index (κ1) is 15.1. The zero-order valence-corrected chi connectivity index (χ0v) is 12.9. The Morgan fingerprint density at radius 1 is 1.45 bits per heavy atom. The molecule has 2 rings (SSSR count). The summed E-state index contributed by atoms with van der Waals surface area (Å²) in [5.41, 5.74) is 0.858. The van der Waals surface area contributed by atoms with Crippen molar-refractivity contribution in [3.63, 3.8) is 0 Å². The van der Waals surface area contributed by atoms with Gasteiger partial charge in [-0.2, -0.15) is 0 Å². The zero-order valence-electron chi connectivity index (χ0n) is 12.2. The number of hydrogen-bond donors (Lipinski definition) is 0. The molecule has 0 saturated carbocycles. The lowest BCUT2D eigenvalue weighted by molar-refractivity contribution is 0.0158. The average Bonchev–Trinajstić information content (AvgIpc) is 2.32. The van der Waals surface area contributed by atoms with E-state index in [4.69, 9.17) is 16.3 Å². The molecule has 0 unspecified atom stereocenters. The van der Waals surface area contributed by atoms with Gasteiger partial charge in [-0.1, -0.05) is 17.7 Å². The first-order valence-corrected chi connectivity index (χ1v) is 7.05. The van der Waals surface area contributed by atoms with Crippen LogP contribution >= 0.6 is 11.6 Å². The maximum atomic E-state index is 14.0. The lowest BCUT2D eigenvalue weighted by Gasteiger charge is -2.36. The molecule has 0 aliphatic carbocycles. The van der Waals surface area contributed by atoms with E-state index in [9.17, 15) is 9.18 Å². The second kappa shape index (κ2) is 5.24. The minimum atomic E-state index is -0.539. The van der Waals surface area contributed by atoms with E-state index in [0.29, 0.717) is 18.5 Å². The number of rotatable bonds is 0. The van der Waals surface area contributed by atoms with Crippen molar-refractivity contribution in [3.05, 3.63) is 34.1 Å². The lowest BCUT2D eigenvalue weighted by Crippen LogP contribution is -2.42. The first-order valence-electron chi connectivity index (χ1n) is 6.67. The Hall–Kier alpha value is -1.29. The quantitative estimate of drug-likeness (QED) is 0.713. The summed E-state index contributed by atoms with van der Waals surface area (Å²) in [6.45, 7) is 7.78. The van der Waals surface area contributed by atoms with Gasteiger partial charge in [0.25, 0.3) is 0 Å². The highest BCUT2D eigenvalue weighted by Crippen LogP contribution is 2.34. The monoisotopic (exact) mass is 299 g/mol. The number of carbonyl (C=O) groups is 1. The van der Waals surface area contributed by atoms with Crippen LogP contribution in [0.5, 0.6) is 0 Å². The molecule has 110 valence electrons. The van der Waals surface area contributed by atoms with E-state index >= 15 is 0 Å². The van der Waals surface area contributed by atoms with Gasteiger partial charge in [0.1, 0.15) is 11.4 Å². The third-order valence-corrected chi connectivity index (χ3v) is 3.67. The summed E-state index contributed by atoms with van der Waals surface area (Å²) in [5.74, 6) is -0.375. The van der Waals surface area contributed by atoms with Gasteiger partial charge in [-0.15, -0.1) is 0 Å². The van der Waals surface area contributed by atoms with Crippen molar-refractivity contribution in [1.82, 2.24) is 4.90 Å². The summed E-state index contributed by atoms with van der Waals surface area (Å²) in [4.78, 5) is 13.8. The molecule has 1 aromatic carbocycles. The van der Waals surface area contributed by atoms with Crippen LogP contribution in [0, 0.1) is 5.82 Å². The van der Waals surface area contributed by atoms with Crippen molar-refractivity contribution in [2.24, 2.45) is 0 Å². The standard InChI is InChI=1S/C15H19ClFNO2/c1-9-10-5-6-12(16)13(17)11(10)7-8-18(9)14(19)20-15(2,3)4/h5-6,9H,7-8H2,1-4H3/t9-/m1/s1. The number of fused-ring (bicyclic) bond motifs is 1. The van der Waals surface area contributed by atoms with Gasteiger partial charge in [-0.3, -0.25) is 0 Å². The third kappa shape index (κ3) is 2.90. The van der Waals surface area contributed by atoms with Gasteiger partial charge in [0.15, 0.2) is 0 Å². The summed E-state index contributed by atoms with van der Waals surface area (Å²) >= 11 is 5.80. The van der Waals surface area contributed by atoms with E-state index in [1.165, 1.54) is 6.07 Å². The van der Waals surface area contributed by atoms with Crippen molar-refractivity contribution in [3.8, 4) is 0 Å². The molecule has 20 heavy (non-hydrogen) atoms. The Morgan fingerprint density at radius 3 is 2.70 bits per heavy atom. The van der Waals surface area contributed by atoms with E-state index in [1.807, 2.05) is 27.7 Å². The number of amides is 1. The fourth-order valence-corrected chi connectivity index (χ4v) is 2.59. The minimum Gasteiger partial charge on any atom is -0.444 e. The molecule has 1 aliphatic heterocycles. The van der Waals surface area contributed by atoms with Crippen LogP contribution in [0.2, 0.25) is 5.02 Å². The van der Waals surface area contributed by atoms with Crippen LogP contribution in [0.4, 0.5) is 9.18 Å². The minimum absolute atomic E-state index is 0.127. The smallest absolute Gasteiger partial charge is 0.410 e. The zero-order chi connectivity index (χ0) is 15.1. The predicted octanol–water partition coefficient (Wildman–Crippen LogP) is 4.33. The summed E-state index contributed by atoms with van der Waals surface area (Å²) in [6.07, 6.45) is 0.0803. The molecule has 1 aliphatic rings. The van der Waals surface area contributed by atoms with E-state index in [0.717, 1.165) is 5.56 Å². The van der Waals surface area contributed by atoms with Crippen LogP contribution in [0.1, 0.15) is 44.9 Å². The van der Waals surface area contributed by atoms with Crippen LogP contribution in [0.15, 0.2) is 12.1 Å². The van der Waals surface area contributed by atoms with Gasteiger partial charge < -0.3 is 9.64 Å². The molecule has 1 amide bonds. The van der Waals surface area contributed by atoms with E-state index < -0.39 is 5.60 Å². The van der Waals surface area contributed by atoms with Crippen LogP contribution < -0.4 is 0 Å². The van der Waals surface area contributed by atoms with Crippen molar-refractivity contribution in [2.45, 2.75) is 45.8 Å². The molecule has 0 saturated heterocycles. The molecule has 0 N–H and O–H groups in total. The molecule has 0 spiro atoms. The number of nitrogens with zero attached hydrogens (tertiary/aromatic N) is 1. The molecular formula is C15H19ClFNO2. The highest BCUT2D eigenvalue weighted by molar-refractivity contribution is 6.30. The van der Waals surface area contributed by atoms with Gasteiger partial charge >= 0.3 is 6.09 Å². The predicted molar refractivity (Wildman–Crippen MR) is 76.5 cm³/mol. The number of hydrogen-bond acceptors (Lipinski definition) is 2. The van der Waals surface area contributed by atoms with E-state index in [2.05, 4.69) is 0 Å². The molecule has 3 nitrogen and oxygen atoms in total. The number of ether oxygens (including phenoxy) is 1. The van der Waals surface area contributed by atoms with Crippen molar-refractivity contribution >= 4 is 17.7 Å². The maximum Gasteiger partial charge on any atom is 0.410 e. The first-order chi connectivity index (χ1) is 9.20. The molecule has 1 atom stereocenters. The fourth-order valence-electron chi connectivity index (χ4n) is 2.42. The van der Waals surface area contributed by atoms with Crippen LogP contribution in [0.3, 0.4) is 0 Å². The highest BCUT2D eigenvalue weighted by atomic mass is 35.5. The second-order valence-electron chi connectivity index (χ2n) is 6.03. The Morgan fingerprint density at radius 2 is 2.10 bits per heavy atom. The summed E-state index contributed by atoms with van der Waals surface area (Å²) in [7, 11) is 0. The second-order valence-corrected chi connectivity index (χ2v) is 6.44. The van der Waals surface area contributed by atoms with Crippen molar-refractivity contribution < 1.29 is 13.9 Å². The molecule has 5 heteroatoms. The molecule has 1 heterocycles. The SMILES string of the molecule is C[C@@H]1c2ccc(Cl)c(F)c2CCN1C(=O)OC(C)(C)C. The van der Waals surface area contributed by atoms with Gasteiger partial charge in [-0.25, -0.2) is 9.18 Å². The van der Waals surface area contributed by atoms with Gasteiger partial charge in [-0.05, 0) is 51.3 Å². The van der Waals surface area contributed by atoms with E-state index in [1.54, 1.807) is 11.0 Å². The summed E-state index contributed by atoms with van der Waals surface area (Å²) < 4.78 is 19.4. The van der Waals surface area contributed by atoms with Gasteiger partial charge in [0.05, 0.1) is 11.1 Å². The molecule has 0 bridgehead atoms. The summed E-state index contributed by atoms with van der Waals surface area (Å²) in [6, 6.07) is 3.09. The maximum absolute atomic E-state index is 14.0. The number of halogens is 2. The van der Waals surface area contributed by atoms with Crippen LogP contribution in [-0.2, 0) is 11.2 Å². The Labute approximate surface area is 123 Å². The fraction of sp³-hybridized carbons (Fsp3) is 0.533. The molecule has 0 aromatic heterocycles. The summed E-state index contributed by atoms with van der Waals surface area (Å²) in [5, 5.41) is 0.127. The van der Waals surface area contributed by atoms with E-state index in [-0.39, 0.29) is 23.0 Å². The lowest BCUT2D eigenvalue weighted by atomic mass is 9.93. The third-order valence-electron chi connectivity index (χ3n) is 3.38. The molecule has 1 aromatic rings. The van der Waals surface area contributed by atoms with Crippen molar-refractivity contribution in [1.29, 1.82) is 0 Å². The topological polar surface area (TPSA) is 29.5 Å². The van der Waals surface area contributed by atoms with Crippen LogP contribution in [-0.4, -0.2) is 23.1 Å². The normalized spacial score (nSPS) is 18.7. The molecule has 0 radical (unpaired) electrons. The van der Waals surface area contributed by atoms with Gasteiger partial charge in [0.2, 0.25) is 0 Å². The number of carbonyl (C=O) groups excluding carboxylic acids is 1. The Bertz CT molecular complexity index is 539. The molecule has 0 fully saturated rings. The Kier molecular flexibility index (Phi) is 3.96. The van der Waals surface area contributed by atoms with Crippen molar-refractivity contribution in [2.75, 3.05) is 6.54 Å². The number of benzene rings is 1. The van der Waals surface area contributed by atoms with Gasteiger partial charge in [0, 0.05) is 6.54 Å². The largest absolute Gasteiger partial charge is 0.444 e. The van der Waals surface area contributed by atoms with Crippen LogP contribution in [0.25, 0.3) is 0 Å². The average molecular weight is 300 g/mol.